The lowest BCUT2D eigenvalue weighted by Crippen LogP contribution is -2.20. The third kappa shape index (κ3) is 15.9. The number of methoxy groups -OCH3 is 2. The topological polar surface area (TPSA) is 211 Å². The number of alkyl halides is 12. The maximum Gasteiger partial charge on any atom is 0.573 e. The van der Waals surface area contributed by atoms with Gasteiger partial charge in [0.25, 0.3) is 23.6 Å². The van der Waals surface area contributed by atoms with Gasteiger partial charge in [0.1, 0.15) is 34.3 Å². The fourth-order valence-electron chi connectivity index (χ4n) is 6.06. The number of nitrogens with one attached hydrogen (secondary N) is 2. The van der Waals surface area contributed by atoms with Gasteiger partial charge in [0.15, 0.2) is 40.4 Å². The molecule has 7 N–H and O–H groups in total. The highest BCUT2D eigenvalue weighted by molar-refractivity contribution is 6.07. The van der Waals surface area contributed by atoms with Gasteiger partial charge in [-0.3, -0.25) is 19.2 Å². The number of ether oxygens (including phenoxy) is 5. The lowest BCUT2D eigenvalue weighted by molar-refractivity contribution is -0.276. The van der Waals surface area contributed by atoms with Crippen LogP contribution in [0.3, 0.4) is 0 Å². The van der Waals surface area contributed by atoms with Gasteiger partial charge in [-0.1, -0.05) is 0 Å². The summed E-state index contributed by atoms with van der Waals surface area (Å²) in [5.74, 6) is -23.1. The highest BCUT2D eigenvalue weighted by atomic mass is 19.4. The molecule has 6 aromatic carbocycles. The number of phenolic OH excluding ortho intramolecular Hbond substituents is 1. The molecule has 0 aliphatic carbocycles. The summed E-state index contributed by atoms with van der Waals surface area (Å²) in [5.41, 5.74) is 1.28. The molecule has 0 aliphatic heterocycles. The maximum absolute atomic E-state index is 15.0. The molecular weight excluding hydrogens is 1130 g/mol. The van der Waals surface area contributed by atoms with Crippen LogP contribution in [0.1, 0.15) is 52.6 Å². The Bertz CT molecular complexity index is 3290. The van der Waals surface area contributed by atoms with Crippen LogP contribution in [-0.2, 0) is 12.4 Å². The molecule has 6 aromatic rings. The van der Waals surface area contributed by atoms with Crippen LogP contribution in [0.4, 0.5) is 94.8 Å². The van der Waals surface area contributed by atoms with E-state index in [9.17, 15) is 98.2 Å². The monoisotopic (exact) mass is 1160 g/mol. The zero-order valence-corrected chi connectivity index (χ0v) is 38.5. The van der Waals surface area contributed by atoms with E-state index < -0.39 is 169 Å². The molecule has 14 nitrogen and oxygen atoms in total. The fraction of sp³-hybridized carbons (Fsp3) is 0.130. The van der Waals surface area contributed by atoms with Crippen LogP contribution >= 0.6 is 0 Å². The number of hydrogen-bond donors (Lipinski definition) is 5. The molecule has 0 aliphatic rings. The minimum absolute atomic E-state index is 0.157. The number of phenols is 1. The van der Waals surface area contributed by atoms with Crippen molar-refractivity contribution < 1.29 is 131 Å². The summed E-state index contributed by atoms with van der Waals surface area (Å²) in [6.07, 6.45) is -20.7. The molecule has 0 bridgehead atoms. The Balaban J connectivity index is 0.000000286. The van der Waals surface area contributed by atoms with E-state index >= 15 is 4.39 Å². The van der Waals surface area contributed by atoms with Gasteiger partial charge in [0.05, 0.1) is 36.5 Å². The number of anilines is 2. The van der Waals surface area contributed by atoms with Crippen LogP contribution in [-0.4, -0.2) is 55.7 Å². The van der Waals surface area contributed by atoms with E-state index in [0.29, 0.717) is 36.4 Å². The molecule has 0 unspecified atom stereocenters. The quantitative estimate of drug-likeness (QED) is 0.0732. The number of nitrogens with two attached hydrogens (primary N) is 2. The predicted octanol–water partition coefficient (Wildman–Crippen LogP) is 12.1. The zero-order chi connectivity index (χ0) is 59.9. The van der Waals surface area contributed by atoms with Gasteiger partial charge in [-0.25, -0.2) is 22.0 Å². The van der Waals surface area contributed by atoms with Gasteiger partial charge in [-0.2, -0.15) is 35.1 Å². The van der Waals surface area contributed by atoms with Crippen molar-refractivity contribution in [1.29, 1.82) is 0 Å². The predicted molar refractivity (Wildman–Crippen MR) is 230 cm³/mol. The molecule has 424 valence electrons. The Morgan fingerprint density at radius 2 is 0.823 bits per heavy atom. The van der Waals surface area contributed by atoms with Crippen molar-refractivity contribution in [2.45, 2.75) is 25.1 Å². The molecule has 0 heterocycles. The summed E-state index contributed by atoms with van der Waals surface area (Å²) >= 11 is 0. The molecule has 0 aromatic heterocycles. The number of hydrogen-bond acceptors (Lipinski definition) is 10. The number of halogens is 19. The number of amides is 4. The number of aromatic hydroxyl groups is 1. The molecule has 0 radical (unpaired) electrons. The molecule has 0 saturated carbocycles. The second-order valence-electron chi connectivity index (χ2n) is 14.6. The lowest BCUT2D eigenvalue weighted by Gasteiger charge is -2.18. The summed E-state index contributed by atoms with van der Waals surface area (Å²) in [6.45, 7) is 0. The Morgan fingerprint density at radius 1 is 0.456 bits per heavy atom. The zero-order valence-electron chi connectivity index (χ0n) is 38.5. The molecule has 4 amide bonds. The van der Waals surface area contributed by atoms with Gasteiger partial charge in [0, 0.05) is 11.4 Å². The van der Waals surface area contributed by atoms with E-state index in [1.165, 1.54) is 0 Å². The largest absolute Gasteiger partial charge is 0.573 e. The third-order valence-electron chi connectivity index (χ3n) is 9.39. The van der Waals surface area contributed by atoms with Crippen LogP contribution < -0.4 is 45.8 Å². The first-order valence-electron chi connectivity index (χ1n) is 20.3. The van der Waals surface area contributed by atoms with Crippen molar-refractivity contribution in [2.24, 2.45) is 11.5 Å². The van der Waals surface area contributed by atoms with Crippen molar-refractivity contribution in [3.8, 4) is 40.2 Å². The first kappa shape index (κ1) is 62.2. The van der Waals surface area contributed by atoms with Crippen LogP contribution in [0.5, 0.6) is 40.2 Å². The van der Waals surface area contributed by atoms with Crippen LogP contribution in [0, 0.1) is 40.7 Å². The highest BCUT2D eigenvalue weighted by Gasteiger charge is 2.40. The molecule has 6 rings (SSSR count). The number of benzene rings is 6. The number of primary amides is 2. The molecule has 0 fully saturated rings. The minimum atomic E-state index is -5.30. The standard InChI is InChI=1S/C23H13F9N2O5.C15H8F6N2O2.C8H6F4O3/c1-37-19-15(7-6-14(18(19)26)39-23(30,31)32)38-13-5-3-11(22(27,28)29)17(25)16(13)21(36)34-9-2-4-12(24)10(8-9)20(33)35;16-9-3-1-6(5-7(9)13(22)24)23-14(25)11-10(17)4-2-8(12(11)18)15(19,20)21;1-14-7-4(13)2-3-5(6(7)9)15-8(10,11)12/h2-8H,1H3,(H2,33,35)(H,34,36);1-5H,(H2,22,24)(H,23,25);2-3,13H,1H3. The summed E-state index contributed by atoms with van der Waals surface area (Å²) in [5, 5.41) is 12.8. The number of carbonyl (C=O) groups is 4. The van der Waals surface area contributed by atoms with Gasteiger partial charge in [-0.15, -0.1) is 26.3 Å². The van der Waals surface area contributed by atoms with Gasteiger partial charge >= 0.3 is 25.1 Å². The van der Waals surface area contributed by atoms with Crippen LogP contribution in [0.15, 0.2) is 84.9 Å². The van der Waals surface area contributed by atoms with E-state index in [-0.39, 0.29) is 17.8 Å². The van der Waals surface area contributed by atoms with E-state index in [4.69, 9.17) is 21.3 Å². The summed E-state index contributed by atoms with van der Waals surface area (Å²) < 4.78 is 269. The number of rotatable bonds is 12. The highest BCUT2D eigenvalue weighted by Crippen LogP contribution is 2.43. The smallest absolute Gasteiger partial charge is 0.504 e. The Labute approximate surface area is 426 Å². The number of carbonyl (C=O) groups excluding carboxylic acids is 4. The molecule has 33 heteroatoms. The van der Waals surface area contributed by atoms with E-state index in [1.807, 2.05) is 10.6 Å². The molecule has 79 heavy (non-hydrogen) atoms. The Kier molecular flexibility index (Phi) is 19.2. The third-order valence-corrected chi connectivity index (χ3v) is 9.39. The molecule has 0 spiro atoms. The Morgan fingerprint density at radius 3 is 1.24 bits per heavy atom. The first-order chi connectivity index (χ1) is 36.4. The molecule has 0 saturated heterocycles. The summed E-state index contributed by atoms with van der Waals surface area (Å²) in [7, 11) is 1.81. The van der Waals surface area contributed by atoms with Crippen molar-refractivity contribution >= 4 is 35.0 Å². The van der Waals surface area contributed by atoms with Crippen molar-refractivity contribution in [1.82, 2.24) is 0 Å². The maximum atomic E-state index is 15.0. The average molecular weight is 1160 g/mol. The van der Waals surface area contributed by atoms with Crippen molar-refractivity contribution in [2.75, 3.05) is 24.9 Å². The SMILES string of the molecule is COc1c(O)ccc(OC(F)(F)F)c1F.COc1c(Oc2ccc(C(F)(F)F)c(F)c2C(=O)Nc2ccc(F)c(C(N)=O)c2)ccc(OC(F)(F)F)c1F.NC(=O)c1cc(NC(=O)c2c(F)ccc(C(F)(F)F)c2F)ccc1F. The van der Waals surface area contributed by atoms with Gasteiger partial charge in [-0.05, 0) is 84.9 Å². The van der Waals surface area contributed by atoms with Crippen LogP contribution in [0.25, 0.3) is 0 Å². The summed E-state index contributed by atoms with van der Waals surface area (Å²) in [6, 6.07) is 8.44. The van der Waals surface area contributed by atoms with Crippen LogP contribution in [0.2, 0.25) is 0 Å². The summed E-state index contributed by atoms with van der Waals surface area (Å²) in [4.78, 5) is 47.2. The van der Waals surface area contributed by atoms with Gasteiger partial charge in [0.2, 0.25) is 17.4 Å². The fourth-order valence-corrected chi connectivity index (χ4v) is 6.06. The normalized spacial score (nSPS) is 11.5. The van der Waals surface area contributed by atoms with Gasteiger partial charge < -0.3 is 50.9 Å². The Hall–Kier alpha value is -9.33. The van der Waals surface area contributed by atoms with E-state index in [1.54, 1.807) is 0 Å². The minimum Gasteiger partial charge on any atom is -0.504 e. The lowest BCUT2D eigenvalue weighted by atomic mass is 10.1. The second kappa shape index (κ2) is 24.3. The molecule has 0 atom stereocenters. The van der Waals surface area contributed by atoms with E-state index in [0.717, 1.165) is 50.6 Å². The second-order valence-corrected chi connectivity index (χ2v) is 14.6. The van der Waals surface area contributed by atoms with E-state index in [2.05, 4.69) is 18.9 Å². The van der Waals surface area contributed by atoms with Crippen molar-refractivity contribution in [3.05, 3.63) is 159 Å². The van der Waals surface area contributed by atoms with Crippen molar-refractivity contribution in [3.63, 3.8) is 0 Å². The molecular formula is C46H27F19N4O10. The average Bonchev–Trinajstić information content (AvgIpc) is 3.31. The first-order valence-corrected chi connectivity index (χ1v) is 20.3.